The summed E-state index contributed by atoms with van der Waals surface area (Å²) in [6.45, 7) is 0.787. The highest BCUT2D eigenvalue weighted by Crippen LogP contribution is 2.49. The Hall–Kier alpha value is -0.0800. The molecule has 34 valence electrons. The van der Waals surface area contributed by atoms with E-state index in [0.717, 1.165) is 18.8 Å². The predicted octanol–water partition coefficient (Wildman–Crippen LogP) is -0.641. The number of rotatable bonds is 1. The van der Waals surface area contributed by atoms with Gasteiger partial charge in [0.05, 0.1) is 0 Å². The molecule has 2 atom stereocenters. The van der Waals surface area contributed by atoms with Crippen LogP contribution in [0.4, 0.5) is 0 Å². The predicted molar refractivity (Wildman–Crippen MR) is 23.1 cm³/mol. The lowest BCUT2D eigenvalue weighted by atomic mass is 10.7. The monoisotopic (exact) mass is 84.1 g/mol. The van der Waals surface area contributed by atoms with Crippen molar-refractivity contribution in [3.05, 3.63) is 0 Å². The second-order valence-electron chi connectivity index (χ2n) is 2.07. The van der Waals surface area contributed by atoms with Crippen LogP contribution < -0.4 is 5.73 Å². The molecule has 1 heterocycles. The van der Waals surface area contributed by atoms with E-state index in [4.69, 9.17) is 5.73 Å². The minimum absolute atomic E-state index is 0.787. The van der Waals surface area contributed by atoms with Gasteiger partial charge in [0.15, 0.2) is 0 Å². The number of fused-ring (bicyclic) bond motifs is 1. The third kappa shape index (κ3) is 0.172. The van der Waals surface area contributed by atoms with Crippen LogP contribution in [0.25, 0.3) is 0 Å². The third-order valence-corrected chi connectivity index (χ3v) is 1.70. The van der Waals surface area contributed by atoms with Gasteiger partial charge in [0, 0.05) is 18.8 Å². The number of nitrogens with zero attached hydrogens (tertiary/aromatic N) is 1. The molecule has 1 aliphatic carbocycles. The Morgan fingerprint density at radius 1 is 1.67 bits per heavy atom. The maximum Gasteiger partial charge on any atom is 0.0462 e. The number of likely N-dealkylation sites (tertiary alicyclic amines) is 1. The van der Waals surface area contributed by atoms with E-state index in [1.807, 2.05) is 0 Å². The molecule has 0 spiro atoms. The zero-order valence-electron chi connectivity index (χ0n) is 3.59. The Morgan fingerprint density at radius 3 is 2.33 bits per heavy atom. The van der Waals surface area contributed by atoms with Gasteiger partial charge in [-0.15, -0.1) is 0 Å². The summed E-state index contributed by atoms with van der Waals surface area (Å²) in [6, 6.07) is 1.88. The molecule has 2 fully saturated rings. The van der Waals surface area contributed by atoms with Crippen LogP contribution in [0.5, 0.6) is 0 Å². The van der Waals surface area contributed by atoms with Gasteiger partial charge in [0.1, 0.15) is 0 Å². The molecule has 2 nitrogen and oxygen atoms in total. The summed E-state index contributed by atoms with van der Waals surface area (Å²) in [5.74, 6) is 0. The summed E-state index contributed by atoms with van der Waals surface area (Å²) < 4.78 is 0. The zero-order valence-corrected chi connectivity index (χ0v) is 3.59. The molecule has 0 aromatic heterocycles. The molecule has 1 aliphatic heterocycles. The molecule has 1 saturated heterocycles. The van der Waals surface area contributed by atoms with Gasteiger partial charge in [-0.1, -0.05) is 0 Å². The van der Waals surface area contributed by atoms with Crippen LogP contribution in [0.15, 0.2) is 0 Å². The number of nitrogens with two attached hydrogens (primary N) is 1. The van der Waals surface area contributed by atoms with Crippen molar-refractivity contribution >= 4 is 0 Å². The normalized spacial score (nSPS) is 60.5. The minimum Gasteiger partial charge on any atom is -0.318 e. The van der Waals surface area contributed by atoms with Crippen LogP contribution in [0.1, 0.15) is 6.42 Å². The van der Waals surface area contributed by atoms with E-state index in [1.165, 1.54) is 6.42 Å². The van der Waals surface area contributed by atoms with Gasteiger partial charge < -0.3 is 5.73 Å². The molecular formula is C4H8N2. The second-order valence-corrected chi connectivity index (χ2v) is 2.07. The molecule has 2 rings (SSSR count). The van der Waals surface area contributed by atoms with Crippen molar-refractivity contribution in [2.45, 2.75) is 18.5 Å². The van der Waals surface area contributed by atoms with Crippen LogP contribution in [0.2, 0.25) is 0 Å². The maximum absolute atomic E-state index is 5.28. The molecule has 2 heteroatoms. The van der Waals surface area contributed by atoms with Crippen molar-refractivity contribution in [2.75, 3.05) is 6.67 Å². The highest BCUT2D eigenvalue weighted by Gasteiger charge is 2.61. The minimum atomic E-state index is 0.787. The summed E-state index contributed by atoms with van der Waals surface area (Å²) in [7, 11) is 0. The fraction of sp³-hybridized carbons (Fsp3) is 1.00. The van der Waals surface area contributed by atoms with E-state index in [1.54, 1.807) is 0 Å². The molecule has 0 radical (unpaired) electrons. The quantitative estimate of drug-likeness (QED) is 0.428. The first-order chi connectivity index (χ1) is 2.93. The Kier molecular flexibility index (Phi) is 0.316. The number of hydrogen-bond donors (Lipinski definition) is 1. The highest BCUT2D eigenvalue weighted by atomic mass is 15.5. The van der Waals surface area contributed by atoms with Crippen LogP contribution in [-0.4, -0.2) is 23.7 Å². The van der Waals surface area contributed by atoms with Crippen molar-refractivity contribution in [2.24, 2.45) is 5.73 Å². The lowest BCUT2D eigenvalue weighted by Crippen LogP contribution is -2.17. The largest absolute Gasteiger partial charge is 0.318 e. The Labute approximate surface area is 36.9 Å². The fourth-order valence-corrected chi connectivity index (χ4v) is 0.965. The summed E-state index contributed by atoms with van der Waals surface area (Å²) >= 11 is 0. The van der Waals surface area contributed by atoms with E-state index < -0.39 is 0 Å². The van der Waals surface area contributed by atoms with Gasteiger partial charge in [0.25, 0.3) is 0 Å². The maximum atomic E-state index is 5.28. The van der Waals surface area contributed by atoms with Crippen molar-refractivity contribution in [1.29, 1.82) is 0 Å². The first-order valence-corrected chi connectivity index (χ1v) is 2.39. The van der Waals surface area contributed by atoms with Gasteiger partial charge in [-0.05, 0) is 6.42 Å². The fourth-order valence-electron chi connectivity index (χ4n) is 0.965. The topological polar surface area (TPSA) is 29.0 Å². The smallest absolute Gasteiger partial charge is 0.0462 e. The molecule has 0 amide bonds. The molecule has 6 heavy (non-hydrogen) atoms. The SMILES string of the molecule is NCN1C2CC21. The molecule has 0 aromatic carbocycles. The second kappa shape index (κ2) is 0.634. The van der Waals surface area contributed by atoms with E-state index in [9.17, 15) is 0 Å². The summed E-state index contributed by atoms with van der Waals surface area (Å²) in [5, 5.41) is 0. The zero-order chi connectivity index (χ0) is 4.15. The van der Waals surface area contributed by atoms with Crippen molar-refractivity contribution in [1.82, 2.24) is 4.90 Å². The van der Waals surface area contributed by atoms with Crippen LogP contribution in [0.3, 0.4) is 0 Å². The van der Waals surface area contributed by atoms with Gasteiger partial charge in [-0.2, -0.15) is 0 Å². The van der Waals surface area contributed by atoms with E-state index in [2.05, 4.69) is 4.90 Å². The Morgan fingerprint density at radius 2 is 2.33 bits per heavy atom. The average molecular weight is 84.1 g/mol. The molecule has 0 aromatic rings. The molecule has 2 aliphatic rings. The average Bonchev–Trinajstić information content (AvgIpc) is 2.12. The van der Waals surface area contributed by atoms with Gasteiger partial charge in [-0.25, -0.2) is 0 Å². The van der Waals surface area contributed by atoms with Gasteiger partial charge in [-0.3, -0.25) is 4.90 Å². The van der Waals surface area contributed by atoms with Crippen molar-refractivity contribution in [3.8, 4) is 0 Å². The lowest BCUT2D eigenvalue weighted by Gasteiger charge is -1.98. The Bertz CT molecular complexity index is 73.6. The highest BCUT2D eigenvalue weighted by molar-refractivity contribution is 5.18. The summed E-state index contributed by atoms with van der Waals surface area (Å²) in [6.07, 6.45) is 1.43. The van der Waals surface area contributed by atoms with Gasteiger partial charge >= 0.3 is 0 Å². The van der Waals surface area contributed by atoms with Crippen LogP contribution >= 0.6 is 0 Å². The third-order valence-electron chi connectivity index (χ3n) is 1.70. The molecule has 1 saturated carbocycles. The van der Waals surface area contributed by atoms with E-state index >= 15 is 0 Å². The first kappa shape index (κ1) is 2.99. The van der Waals surface area contributed by atoms with Crippen LogP contribution in [0, 0.1) is 0 Å². The van der Waals surface area contributed by atoms with E-state index in [0.29, 0.717) is 0 Å². The van der Waals surface area contributed by atoms with Crippen molar-refractivity contribution in [3.63, 3.8) is 0 Å². The summed E-state index contributed by atoms with van der Waals surface area (Å²) in [5.41, 5.74) is 5.28. The molecule has 0 bridgehead atoms. The van der Waals surface area contributed by atoms with E-state index in [-0.39, 0.29) is 0 Å². The Balaban J connectivity index is 1.92. The van der Waals surface area contributed by atoms with Crippen molar-refractivity contribution < 1.29 is 0 Å². The van der Waals surface area contributed by atoms with Gasteiger partial charge in [0.2, 0.25) is 0 Å². The molecule has 2 N–H and O–H groups in total. The summed E-state index contributed by atoms with van der Waals surface area (Å²) in [4.78, 5) is 2.29. The number of hydrogen-bond acceptors (Lipinski definition) is 2. The molecular weight excluding hydrogens is 76.1 g/mol. The standard InChI is InChI=1S/C4H8N2/c5-2-6-3-1-4(3)6/h3-4H,1-2,5H2. The lowest BCUT2D eigenvalue weighted by molar-refractivity contribution is 0.426. The van der Waals surface area contributed by atoms with Crippen LogP contribution in [-0.2, 0) is 0 Å². The first-order valence-electron chi connectivity index (χ1n) is 2.39. The molecule has 2 unspecified atom stereocenters.